The van der Waals surface area contributed by atoms with E-state index in [1.54, 1.807) is 12.4 Å². The molecule has 1 aromatic rings. The van der Waals surface area contributed by atoms with Crippen molar-refractivity contribution in [2.45, 2.75) is 39.5 Å². The maximum absolute atomic E-state index is 5.53. The monoisotopic (exact) mass is 317 g/mol. The lowest BCUT2D eigenvalue weighted by molar-refractivity contribution is 0.326. The Bertz CT molecular complexity index is 546. The number of nitrogens with zero attached hydrogens (tertiary/aromatic N) is 4. The average molecular weight is 317 g/mol. The van der Waals surface area contributed by atoms with Gasteiger partial charge in [-0.25, -0.2) is 0 Å². The van der Waals surface area contributed by atoms with Crippen molar-refractivity contribution in [3.8, 4) is 0 Å². The van der Waals surface area contributed by atoms with E-state index in [0.717, 1.165) is 47.1 Å². The number of hydrogen-bond acceptors (Lipinski definition) is 4. The van der Waals surface area contributed by atoms with Gasteiger partial charge in [0.25, 0.3) is 0 Å². The molecule has 4 rings (SSSR count). The molecule has 0 amide bonds. The number of aromatic nitrogens is 2. The van der Waals surface area contributed by atoms with Crippen LogP contribution in [0, 0.1) is 18.8 Å². The van der Waals surface area contributed by atoms with E-state index in [2.05, 4.69) is 25.4 Å². The molecular weight excluding hydrogens is 294 g/mol. The Balaban J connectivity index is 1.61. The van der Waals surface area contributed by atoms with Gasteiger partial charge in [0.1, 0.15) is 5.69 Å². The van der Waals surface area contributed by atoms with E-state index in [0.29, 0.717) is 0 Å². The van der Waals surface area contributed by atoms with Gasteiger partial charge in [0, 0.05) is 19.3 Å². The van der Waals surface area contributed by atoms with Gasteiger partial charge >= 0.3 is 0 Å². The minimum absolute atomic E-state index is 0.734. The summed E-state index contributed by atoms with van der Waals surface area (Å²) in [6, 6.07) is 0. The van der Waals surface area contributed by atoms with Crippen molar-refractivity contribution < 1.29 is 0 Å². The van der Waals surface area contributed by atoms with Crippen molar-refractivity contribution in [2.75, 3.05) is 13.1 Å². The normalized spacial score (nSPS) is 25.0. The van der Waals surface area contributed by atoms with Gasteiger partial charge in [-0.2, -0.15) is 5.10 Å². The summed E-state index contributed by atoms with van der Waals surface area (Å²) in [5.41, 5.74) is 5.52. The van der Waals surface area contributed by atoms with Crippen molar-refractivity contribution in [1.29, 1.82) is 0 Å². The van der Waals surface area contributed by atoms with Gasteiger partial charge in [0.15, 0.2) is 5.11 Å². The topological polar surface area (TPSA) is 53.4 Å². The highest BCUT2D eigenvalue weighted by atomic mass is 32.1. The maximum Gasteiger partial charge on any atom is 0.189 e. The van der Waals surface area contributed by atoms with E-state index in [-0.39, 0.29) is 0 Å². The molecule has 0 unspecified atom stereocenters. The van der Waals surface area contributed by atoms with Crippen LogP contribution in [0.1, 0.15) is 44.0 Å². The summed E-state index contributed by atoms with van der Waals surface area (Å²) in [7, 11) is 0. The van der Waals surface area contributed by atoms with Gasteiger partial charge in [-0.1, -0.05) is 0 Å². The summed E-state index contributed by atoms with van der Waals surface area (Å²) < 4.78 is 0. The van der Waals surface area contributed by atoms with Crippen LogP contribution < -0.4 is 5.43 Å². The maximum atomic E-state index is 5.53. The first-order valence-electron chi connectivity index (χ1n) is 8.00. The van der Waals surface area contributed by atoms with Gasteiger partial charge in [-0.05, 0) is 63.6 Å². The summed E-state index contributed by atoms with van der Waals surface area (Å²) in [6.45, 7) is 5.98. The average Bonchev–Trinajstić information content (AvgIpc) is 2.86. The van der Waals surface area contributed by atoms with E-state index in [9.17, 15) is 0 Å². The molecule has 3 heterocycles. The van der Waals surface area contributed by atoms with Gasteiger partial charge < -0.3 is 4.90 Å². The predicted octanol–water partition coefficient (Wildman–Crippen LogP) is 2.51. The summed E-state index contributed by atoms with van der Waals surface area (Å²) in [5, 5.41) is 5.12. The molecule has 0 radical (unpaired) electrons. The lowest BCUT2D eigenvalue weighted by Crippen LogP contribution is -2.40. The summed E-state index contributed by atoms with van der Waals surface area (Å²) >= 11 is 5.53. The van der Waals surface area contributed by atoms with E-state index in [1.807, 2.05) is 13.8 Å². The van der Waals surface area contributed by atoms with Crippen molar-refractivity contribution >= 4 is 23.0 Å². The molecule has 1 aliphatic carbocycles. The third kappa shape index (κ3) is 3.61. The molecule has 118 valence electrons. The molecule has 2 bridgehead atoms. The number of hydrazone groups is 1. The molecule has 1 N–H and O–H groups in total. The highest BCUT2D eigenvalue weighted by molar-refractivity contribution is 7.80. The first kappa shape index (κ1) is 15.3. The van der Waals surface area contributed by atoms with Crippen LogP contribution in [-0.4, -0.2) is 38.8 Å². The number of nitrogens with one attached hydrogen (secondary N) is 1. The Morgan fingerprint density at radius 3 is 2.36 bits per heavy atom. The largest absolute Gasteiger partial charge is 0.347 e. The van der Waals surface area contributed by atoms with Crippen molar-refractivity contribution in [1.82, 2.24) is 20.3 Å². The number of aryl methyl sites for hydroxylation is 1. The third-order valence-electron chi connectivity index (χ3n) is 4.68. The van der Waals surface area contributed by atoms with Crippen LogP contribution in [0.3, 0.4) is 0 Å². The van der Waals surface area contributed by atoms with Crippen molar-refractivity contribution in [3.63, 3.8) is 0 Å². The smallest absolute Gasteiger partial charge is 0.189 e. The zero-order valence-electron chi connectivity index (χ0n) is 13.2. The van der Waals surface area contributed by atoms with Gasteiger partial charge in [0.05, 0.1) is 17.6 Å². The molecule has 0 aromatic carbocycles. The fourth-order valence-electron chi connectivity index (χ4n) is 3.30. The molecule has 1 aromatic heterocycles. The lowest BCUT2D eigenvalue weighted by Gasteiger charge is -2.24. The molecule has 0 spiro atoms. The second-order valence-electron chi connectivity index (χ2n) is 6.45. The summed E-state index contributed by atoms with van der Waals surface area (Å²) in [4.78, 5) is 10.9. The molecule has 3 fully saturated rings. The highest BCUT2D eigenvalue weighted by Gasteiger charge is 2.30. The quantitative estimate of drug-likeness (QED) is 0.516. The van der Waals surface area contributed by atoms with Crippen LogP contribution >= 0.6 is 12.2 Å². The van der Waals surface area contributed by atoms with Gasteiger partial charge in [-0.3, -0.25) is 15.4 Å². The number of hydrogen-bond donors (Lipinski definition) is 1. The Hall–Kier alpha value is -1.56. The van der Waals surface area contributed by atoms with Crippen LogP contribution in [0.25, 0.3) is 0 Å². The molecular formula is C16H23N5S. The Kier molecular flexibility index (Phi) is 4.66. The van der Waals surface area contributed by atoms with E-state index in [1.165, 1.54) is 25.7 Å². The molecule has 0 atom stereocenters. The molecule has 3 aliphatic rings. The lowest BCUT2D eigenvalue weighted by atomic mass is 9.84. The highest BCUT2D eigenvalue weighted by Crippen LogP contribution is 2.33. The SMILES string of the molecule is C/C(=N\NC(=S)N1CC2CCC(CC2)C1)c1cnc(C)cn1. The molecule has 2 saturated heterocycles. The number of thiocarbonyl (C=S) groups is 1. The van der Waals surface area contributed by atoms with Crippen LogP contribution in [-0.2, 0) is 0 Å². The molecule has 5 nitrogen and oxygen atoms in total. The number of rotatable bonds is 2. The van der Waals surface area contributed by atoms with Crippen LogP contribution in [0.2, 0.25) is 0 Å². The Morgan fingerprint density at radius 2 is 1.82 bits per heavy atom. The van der Waals surface area contributed by atoms with Crippen molar-refractivity contribution in [2.24, 2.45) is 16.9 Å². The zero-order chi connectivity index (χ0) is 15.5. The molecule has 6 heteroatoms. The van der Waals surface area contributed by atoms with Crippen LogP contribution in [0.15, 0.2) is 17.5 Å². The Morgan fingerprint density at radius 1 is 1.18 bits per heavy atom. The van der Waals surface area contributed by atoms with Crippen molar-refractivity contribution in [3.05, 3.63) is 23.8 Å². The minimum atomic E-state index is 0.734. The Labute approximate surface area is 137 Å². The summed E-state index contributed by atoms with van der Waals surface area (Å²) in [6.07, 6.45) is 8.90. The second kappa shape index (κ2) is 6.69. The zero-order valence-corrected chi connectivity index (χ0v) is 14.1. The van der Waals surface area contributed by atoms with E-state index >= 15 is 0 Å². The second-order valence-corrected chi connectivity index (χ2v) is 6.84. The first-order chi connectivity index (χ1) is 10.6. The third-order valence-corrected chi connectivity index (χ3v) is 5.03. The van der Waals surface area contributed by atoms with Crippen LogP contribution in [0.4, 0.5) is 0 Å². The minimum Gasteiger partial charge on any atom is -0.347 e. The van der Waals surface area contributed by atoms with Crippen LogP contribution in [0.5, 0.6) is 0 Å². The molecule has 1 saturated carbocycles. The fourth-order valence-corrected chi connectivity index (χ4v) is 3.49. The standard InChI is InChI=1S/C16H23N5S/c1-11-7-18-15(8-17-11)12(2)19-20-16(22)21-9-13-3-4-14(10-21)6-5-13/h7-8,13-14H,3-6,9-10H2,1-2H3,(H,20,22)/b19-12+. The fraction of sp³-hybridized carbons (Fsp3) is 0.625. The van der Waals surface area contributed by atoms with E-state index in [4.69, 9.17) is 12.2 Å². The van der Waals surface area contributed by atoms with Gasteiger partial charge in [0.2, 0.25) is 0 Å². The van der Waals surface area contributed by atoms with E-state index < -0.39 is 0 Å². The predicted molar refractivity (Wildman–Crippen MR) is 91.7 cm³/mol. The molecule has 2 aliphatic heterocycles. The molecule has 22 heavy (non-hydrogen) atoms. The van der Waals surface area contributed by atoms with Gasteiger partial charge in [-0.15, -0.1) is 0 Å². The number of fused-ring (bicyclic) bond motifs is 4. The summed E-state index contributed by atoms with van der Waals surface area (Å²) in [5.74, 6) is 1.60. The first-order valence-corrected chi connectivity index (χ1v) is 8.41.